The Bertz CT molecular complexity index is 641. The lowest BCUT2D eigenvalue weighted by molar-refractivity contribution is 0.375. The molecule has 2 N–H and O–H groups in total. The molecule has 3 rings (SSSR count). The van der Waals surface area contributed by atoms with Crippen LogP contribution in [-0.4, -0.2) is 7.11 Å². The van der Waals surface area contributed by atoms with E-state index in [4.69, 9.17) is 10.5 Å². The molecule has 2 atom stereocenters. The summed E-state index contributed by atoms with van der Waals surface area (Å²) in [5.74, 6) is 1.37. The molecule has 1 aliphatic carbocycles. The average Bonchev–Trinajstić information content (AvgIpc) is 2.51. The van der Waals surface area contributed by atoms with Crippen molar-refractivity contribution >= 4 is 15.9 Å². The van der Waals surface area contributed by atoms with Crippen molar-refractivity contribution < 1.29 is 4.74 Å². The molecule has 0 bridgehead atoms. The van der Waals surface area contributed by atoms with Gasteiger partial charge in [0.1, 0.15) is 5.75 Å². The predicted molar refractivity (Wildman–Crippen MR) is 89.6 cm³/mol. The topological polar surface area (TPSA) is 35.2 Å². The Kier molecular flexibility index (Phi) is 4.32. The summed E-state index contributed by atoms with van der Waals surface area (Å²) >= 11 is 3.56. The van der Waals surface area contributed by atoms with Gasteiger partial charge in [-0.05, 0) is 69.9 Å². The molecule has 2 nitrogen and oxygen atoms in total. The molecule has 0 amide bonds. The summed E-state index contributed by atoms with van der Waals surface area (Å²) in [5, 5.41) is 0. The standard InChI is InChI=1S/C18H20BrNO/c1-21-17-9-6-12(11-16(17)19)10-14-8-7-13-4-2-3-5-15(13)18(14)20/h2-6,9,11,14,18H,7-8,10,20H2,1H3. The number of hydrogen-bond acceptors (Lipinski definition) is 2. The minimum atomic E-state index is 0.135. The lowest BCUT2D eigenvalue weighted by Crippen LogP contribution is -2.28. The number of hydrogen-bond donors (Lipinski definition) is 1. The van der Waals surface area contributed by atoms with Gasteiger partial charge in [0.25, 0.3) is 0 Å². The molecule has 21 heavy (non-hydrogen) atoms. The maximum atomic E-state index is 6.50. The van der Waals surface area contributed by atoms with E-state index in [1.807, 2.05) is 6.07 Å². The van der Waals surface area contributed by atoms with Crippen LogP contribution in [-0.2, 0) is 12.8 Å². The van der Waals surface area contributed by atoms with Crippen molar-refractivity contribution in [3.05, 3.63) is 63.6 Å². The molecule has 2 aromatic carbocycles. The SMILES string of the molecule is COc1ccc(CC2CCc3ccccc3C2N)cc1Br. The molecular weight excluding hydrogens is 326 g/mol. The first-order chi connectivity index (χ1) is 10.2. The monoisotopic (exact) mass is 345 g/mol. The van der Waals surface area contributed by atoms with E-state index in [1.165, 1.54) is 16.7 Å². The second-order valence-electron chi connectivity index (χ2n) is 5.70. The molecule has 0 saturated carbocycles. The van der Waals surface area contributed by atoms with Crippen molar-refractivity contribution in [2.24, 2.45) is 11.7 Å². The molecule has 2 unspecified atom stereocenters. The van der Waals surface area contributed by atoms with Crippen molar-refractivity contribution in [3.63, 3.8) is 0 Å². The third-order valence-electron chi connectivity index (χ3n) is 4.42. The van der Waals surface area contributed by atoms with Gasteiger partial charge in [-0.15, -0.1) is 0 Å². The van der Waals surface area contributed by atoms with Crippen LogP contribution in [0.3, 0.4) is 0 Å². The number of halogens is 1. The molecule has 0 saturated heterocycles. The third kappa shape index (κ3) is 2.99. The Labute approximate surface area is 134 Å². The summed E-state index contributed by atoms with van der Waals surface area (Å²) in [4.78, 5) is 0. The van der Waals surface area contributed by atoms with Gasteiger partial charge in [0.15, 0.2) is 0 Å². The summed E-state index contributed by atoms with van der Waals surface area (Å²) in [6, 6.07) is 15.0. The van der Waals surface area contributed by atoms with Gasteiger partial charge in [-0.2, -0.15) is 0 Å². The van der Waals surface area contributed by atoms with Gasteiger partial charge < -0.3 is 10.5 Å². The van der Waals surface area contributed by atoms with E-state index < -0.39 is 0 Å². The largest absolute Gasteiger partial charge is 0.496 e. The second-order valence-corrected chi connectivity index (χ2v) is 6.55. The highest BCUT2D eigenvalue weighted by molar-refractivity contribution is 9.10. The van der Waals surface area contributed by atoms with Crippen LogP contribution in [0.15, 0.2) is 46.9 Å². The molecule has 110 valence electrons. The normalized spacial score (nSPS) is 20.9. The van der Waals surface area contributed by atoms with Crippen molar-refractivity contribution in [2.45, 2.75) is 25.3 Å². The Morgan fingerprint density at radius 1 is 1.24 bits per heavy atom. The Hall–Kier alpha value is -1.32. The summed E-state index contributed by atoms with van der Waals surface area (Å²) in [6.45, 7) is 0. The number of ether oxygens (including phenoxy) is 1. The van der Waals surface area contributed by atoms with Crippen LogP contribution < -0.4 is 10.5 Å². The lowest BCUT2D eigenvalue weighted by atomic mass is 9.77. The molecule has 0 aliphatic heterocycles. The summed E-state index contributed by atoms with van der Waals surface area (Å²) in [7, 11) is 1.69. The molecule has 0 aromatic heterocycles. The fourth-order valence-corrected chi connectivity index (χ4v) is 3.82. The van der Waals surface area contributed by atoms with Crippen LogP contribution in [0.1, 0.15) is 29.2 Å². The van der Waals surface area contributed by atoms with Crippen LogP contribution in [0.5, 0.6) is 5.75 Å². The first-order valence-electron chi connectivity index (χ1n) is 7.35. The first-order valence-corrected chi connectivity index (χ1v) is 8.14. The van der Waals surface area contributed by atoms with E-state index in [0.717, 1.165) is 29.5 Å². The Balaban J connectivity index is 1.79. The van der Waals surface area contributed by atoms with E-state index in [0.29, 0.717) is 5.92 Å². The zero-order valence-corrected chi connectivity index (χ0v) is 13.8. The van der Waals surface area contributed by atoms with Gasteiger partial charge in [-0.3, -0.25) is 0 Å². The van der Waals surface area contributed by atoms with Crippen molar-refractivity contribution in [1.82, 2.24) is 0 Å². The molecule has 3 heteroatoms. The fourth-order valence-electron chi connectivity index (χ4n) is 3.23. The minimum absolute atomic E-state index is 0.135. The molecule has 0 spiro atoms. The van der Waals surface area contributed by atoms with Gasteiger partial charge in [0.2, 0.25) is 0 Å². The van der Waals surface area contributed by atoms with Crippen LogP contribution >= 0.6 is 15.9 Å². The van der Waals surface area contributed by atoms with Crippen LogP contribution in [0.2, 0.25) is 0 Å². The van der Waals surface area contributed by atoms with Crippen molar-refractivity contribution in [1.29, 1.82) is 0 Å². The summed E-state index contributed by atoms with van der Waals surface area (Å²) in [5.41, 5.74) is 10.5. The van der Waals surface area contributed by atoms with Gasteiger partial charge in [-0.25, -0.2) is 0 Å². The highest BCUT2D eigenvalue weighted by atomic mass is 79.9. The van der Waals surface area contributed by atoms with E-state index in [2.05, 4.69) is 52.3 Å². The lowest BCUT2D eigenvalue weighted by Gasteiger charge is -2.31. The molecule has 1 aliphatic rings. The molecule has 0 fully saturated rings. The van der Waals surface area contributed by atoms with Crippen LogP contribution in [0.4, 0.5) is 0 Å². The Morgan fingerprint density at radius 2 is 2.05 bits per heavy atom. The second kappa shape index (κ2) is 6.20. The quantitative estimate of drug-likeness (QED) is 0.901. The first kappa shape index (κ1) is 14.6. The molecule has 2 aromatic rings. The third-order valence-corrected chi connectivity index (χ3v) is 5.04. The maximum Gasteiger partial charge on any atom is 0.133 e. The number of nitrogens with two attached hydrogens (primary N) is 1. The minimum Gasteiger partial charge on any atom is -0.496 e. The van der Waals surface area contributed by atoms with E-state index in [-0.39, 0.29) is 6.04 Å². The summed E-state index contributed by atoms with van der Waals surface area (Å²) in [6.07, 6.45) is 3.30. The smallest absolute Gasteiger partial charge is 0.133 e. The van der Waals surface area contributed by atoms with E-state index in [9.17, 15) is 0 Å². The molecule has 0 heterocycles. The number of rotatable bonds is 3. The highest BCUT2D eigenvalue weighted by Gasteiger charge is 2.26. The average molecular weight is 346 g/mol. The zero-order valence-electron chi connectivity index (χ0n) is 12.2. The van der Waals surface area contributed by atoms with Gasteiger partial charge in [0.05, 0.1) is 11.6 Å². The van der Waals surface area contributed by atoms with Crippen LogP contribution in [0.25, 0.3) is 0 Å². The summed E-state index contributed by atoms with van der Waals surface area (Å²) < 4.78 is 6.29. The maximum absolute atomic E-state index is 6.50. The number of methoxy groups -OCH3 is 1. The van der Waals surface area contributed by atoms with E-state index in [1.54, 1.807) is 7.11 Å². The molecular formula is C18H20BrNO. The van der Waals surface area contributed by atoms with Gasteiger partial charge >= 0.3 is 0 Å². The van der Waals surface area contributed by atoms with Gasteiger partial charge in [0, 0.05) is 6.04 Å². The van der Waals surface area contributed by atoms with Crippen molar-refractivity contribution in [2.75, 3.05) is 7.11 Å². The van der Waals surface area contributed by atoms with Crippen molar-refractivity contribution in [3.8, 4) is 5.75 Å². The fraction of sp³-hybridized carbons (Fsp3) is 0.333. The predicted octanol–water partition coefficient (Wildman–Crippen LogP) is 4.26. The highest BCUT2D eigenvalue weighted by Crippen LogP contribution is 2.35. The van der Waals surface area contributed by atoms with Gasteiger partial charge in [-0.1, -0.05) is 30.3 Å². The zero-order chi connectivity index (χ0) is 14.8. The van der Waals surface area contributed by atoms with E-state index >= 15 is 0 Å². The Morgan fingerprint density at radius 3 is 2.81 bits per heavy atom. The number of fused-ring (bicyclic) bond motifs is 1. The van der Waals surface area contributed by atoms with Crippen LogP contribution in [0, 0.1) is 5.92 Å². The molecule has 0 radical (unpaired) electrons. The number of benzene rings is 2. The number of aryl methyl sites for hydroxylation is 1.